The lowest BCUT2D eigenvalue weighted by molar-refractivity contribution is -0.116. The molecule has 1 saturated heterocycles. The first-order chi connectivity index (χ1) is 18.4. The number of carbonyl (C=O) groups excluding carboxylic acids is 2. The van der Waals surface area contributed by atoms with Gasteiger partial charge in [0.05, 0.1) is 24.8 Å². The molecule has 0 aliphatic carbocycles. The van der Waals surface area contributed by atoms with Gasteiger partial charge in [-0.1, -0.05) is 23.7 Å². The summed E-state index contributed by atoms with van der Waals surface area (Å²) in [4.78, 5) is 30.4. The Labute approximate surface area is 224 Å². The van der Waals surface area contributed by atoms with Gasteiger partial charge >= 0.3 is 6.03 Å². The minimum atomic E-state index is -0.269. The first kappa shape index (κ1) is 25.3. The van der Waals surface area contributed by atoms with Crippen molar-refractivity contribution in [1.82, 2.24) is 15.2 Å². The van der Waals surface area contributed by atoms with Gasteiger partial charge in [-0.3, -0.25) is 4.79 Å². The van der Waals surface area contributed by atoms with E-state index in [0.29, 0.717) is 54.2 Å². The summed E-state index contributed by atoms with van der Waals surface area (Å²) in [5.74, 6) is 0.731. The number of halogens is 1. The van der Waals surface area contributed by atoms with E-state index in [-0.39, 0.29) is 18.5 Å². The van der Waals surface area contributed by atoms with Crippen molar-refractivity contribution in [2.45, 2.75) is 6.54 Å². The van der Waals surface area contributed by atoms with Crippen molar-refractivity contribution in [1.29, 1.82) is 0 Å². The Kier molecular flexibility index (Phi) is 7.57. The summed E-state index contributed by atoms with van der Waals surface area (Å²) >= 11 is 6.52. The molecule has 0 saturated carbocycles. The highest BCUT2D eigenvalue weighted by atomic mass is 35.5. The molecule has 0 bridgehead atoms. The number of fused-ring (bicyclic) bond motifs is 1. The van der Waals surface area contributed by atoms with Crippen LogP contribution in [0.25, 0.3) is 28.2 Å². The molecular formula is C28H26ClN5O4. The molecule has 0 radical (unpaired) electrons. The van der Waals surface area contributed by atoms with Crippen LogP contribution >= 0.6 is 11.6 Å². The molecule has 3 amide bonds. The number of amides is 3. The predicted molar refractivity (Wildman–Crippen MR) is 148 cm³/mol. The number of hydrogen-bond donors (Lipinski definition) is 3. The molecule has 3 heterocycles. The fraction of sp³-hybridized carbons (Fsp3) is 0.179. The molecule has 0 spiro atoms. The van der Waals surface area contributed by atoms with Crippen molar-refractivity contribution < 1.29 is 18.7 Å². The summed E-state index contributed by atoms with van der Waals surface area (Å²) in [5, 5.41) is 7.01. The van der Waals surface area contributed by atoms with Crippen LogP contribution < -0.4 is 16.4 Å². The average molecular weight is 532 g/mol. The van der Waals surface area contributed by atoms with Gasteiger partial charge in [0.15, 0.2) is 5.58 Å². The van der Waals surface area contributed by atoms with Gasteiger partial charge in [-0.15, -0.1) is 0 Å². The number of furan rings is 1. The van der Waals surface area contributed by atoms with Crippen LogP contribution in [0.1, 0.15) is 11.3 Å². The van der Waals surface area contributed by atoms with Crippen LogP contribution in [0, 0.1) is 0 Å². The SMILES string of the molecule is Nc1ccc(C=CC(=O)NCc2cc3cc(-c4ccc(NC(=O)N5CCOCC5)cc4)cc(Cl)c3o2)cn1. The molecule has 4 N–H and O–H groups in total. The zero-order chi connectivity index (χ0) is 26.5. The number of carbonyl (C=O) groups is 2. The van der Waals surface area contributed by atoms with Crippen LogP contribution in [0.2, 0.25) is 5.02 Å². The fourth-order valence-electron chi connectivity index (χ4n) is 4.05. The summed E-state index contributed by atoms with van der Waals surface area (Å²) in [5.41, 5.74) is 9.45. The number of nitrogens with one attached hydrogen (secondary N) is 2. The number of urea groups is 1. The standard InChI is InChI=1S/C28H26ClN5O4/c29-24-15-20(19-3-5-22(6-4-19)33-28(36)34-9-11-37-12-10-34)13-21-14-23(38-27(21)24)17-32-26(35)8-2-18-1-7-25(30)31-16-18/h1-8,13-16H,9-12,17H2,(H2,30,31)(H,32,35)(H,33,36). The number of aromatic nitrogens is 1. The molecule has 0 atom stereocenters. The van der Waals surface area contributed by atoms with Gasteiger partial charge in [-0.2, -0.15) is 0 Å². The van der Waals surface area contributed by atoms with Crippen LogP contribution in [0.5, 0.6) is 0 Å². The van der Waals surface area contributed by atoms with Crippen molar-refractivity contribution in [3.8, 4) is 11.1 Å². The minimum absolute atomic E-state index is 0.138. The van der Waals surface area contributed by atoms with Gasteiger partial charge in [-0.05, 0) is 65.2 Å². The lowest BCUT2D eigenvalue weighted by Crippen LogP contribution is -2.43. The van der Waals surface area contributed by atoms with Gasteiger partial charge in [-0.25, -0.2) is 9.78 Å². The van der Waals surface area contributed by atoms with Crippen LogP contribution in [0.4, 0.5) is 16.3 Å². The van der Waals surface area contributed by atoms with Crippen molar-refractivity contribution in [3.63, 3.8) is 0 Å². The summed E-state index contributed by atoms with van der Waals surface area (Å²) < 4.78 is 11.2. The third kappa shape index (κ3) is 6.13. The Hall–Kier alpha value is -4.34. The van der Waals surface area contributed by atoms with E-state index in [4.69, 9.17) is 26.5 Å². The van der Waals surface area contributed by atoms with E-state index in [1.165, 1.54) is 6.08 Å². The van der Waals surface area contributed by atoms with Crippen LogP contribution in [0.15, 0.2) is 71.3 Å². The van der Waals surface area contributed by atoms with E-state index in [1.807, 2.05) is 42.5 Å². The molecule has 194 valence electrons. The highest BCUT2D eigenvalue weighted by Gasteiger charge is 2.17. The van der Waals surface area contributed by atoms with E-state index in [9.17, 15) is 9.59 Å². The Balaban J connectivity index is 1.23. The van der Waals surface area contributed by atoms with E-state index in [2.05, 4.69) is 15.6 Å². The number of anilines is 2. The van der Waals surface area contributed by atoms with Crippen molar-refractivity contribution >= 4 is 52.1 Å². The van der Waals surface area contributed by atoms with E-state index >= 15 is 0 Å². The number of hydrogen-bond acceptors (Lipinski definition) is 6. The predicted octanol–water partition coefficient (Wildman–Crippen LogP) is 4.92. The van der Waals surface area contributed by atoms with E-state index in [1.54, 1.807) is 29.3 Å². The number of nitrogen functional groups attached to an aromatic ring is 1. The monoisotopic (exact) mass is 531 g/mol. The first-order valence-electron chi connectivity index (χ1n) is 12.1. The van der Waals surface area contributed by atoms with Crippen molar-refractivity contribution in [3.05, 3.63) is 83.2 Å². The smallest absolute Gasteiger partial charge is 0.321 e. The number of morpholine rings is 1. The Morgan fingerprint density at radius 2 is 1.84 bits per heavy atom. The largest absolute Gasteiger partial charge is 0.458 e. The third-order valence-electron chi connectivity index (χ3n) is 6.06. The molecule has 1 fully saturated rings. The van der Waals surface area contributed by atoms with Gasteiger partial charge in [0.1, 0.15) is 11.6 Å². The molecule has 1 aliphatic rings. The zero-order valence-electron chi connectivity index (χ0n) is 20.4. The molecule has 38 heavy (non-hydrogen) atoms. The van der Waals surface area contributed by atoms with Crippen LogP contribution in [-0.4, -0.2) is 48.1 Å². The highest BCUT2D eigenvalue weighted by Crippen LogP contribution is 2.33. The molecule has 0 unspecified atom stereocenters. The quantitative estimate of drug-likeness (QED) is 0.303. The molecule has 9 nitrogen and oxygen atoms in total. The lowest BCUT2D eigenvalue weighted by Gasteiger charge is -2.26. The summed E-state index contributed by atoms with van der Waals surface area (Å²) in [6.45, 7) is 2.48. The van der Waals surface area contributed by atoms with Gasteiger partial charge in [0.2, 0.25) is 5.91 Å². The molecule has 2 aromatic heterocycles. The lowest BCUT2D eigenvalue weighted by atomic mass is 10.0. The van der Waals surface area contributed by atoms with Crippen molar-refractivity contribution in [2.75, 3.05) is 37.4 Å². The number of rotatable bonds is 6. The molecule has 5 rings (SSSR count). The van der Waals surface area contributed by atoms with Crippen LogP contribution in [-0.2, 0) is 16.1 Å². The summed E-state index contributed by atoms with van der Waals surface area (Å²) in [7, 11) is 0. The first-order valence-corrected chi connectivity index (χ1v) is 12.5. The second-order valence-corrected chi connectivity index (χ2v) is 9.17. The number of pyridine rings is 1. The van der Waals surface area contributed by atoms with E-state index in [0.717, 1.165) is 22.1 Å². The number of nitrogens with two attached hydrogens (primary N) is 1. The van der Waals surface area contributed by atoms with Gasteiger partial charge in [0, 0.05) is 36.4 Å². The number of benzene rings is 2. The van der Waals surface area contributed by atoms with Gasteiger partial charge < -0.3 is 30.4 Å². The number of ether oxygens (including phenoxy) is 1. The average Bonchev–Trinajstić information content (AvgIpc) is 3.36. The summed E-state index contributed by atoms with van der Waals surface area (Å²) in [6.07, 6.45) is 4.67. The Morgan fingerprint density at radius 1 is 1.05 bits per heavy atom. The molecule has 1 aliphatic heterocycles. The second-order valence-electron chi connectivity index (χ2n) is 8.76. The van der Waals surface area contributed by atoms with Gasteiger partial charge in [0.25, 0.3) is 0 Å². The highest BCUT2D eigenvalue weighted by molar-refractivity contribution is 6.35. The Morgan fingerprint density at radius 3 is 2.58 bits per heavy atom. The third-order valence-corrected chi connectivity index (χ3v) is 6.34. The maximum atomic E-state index is 12.4. The van der Waals surface area contributed by atoms with Crippen molar-refractivity contribution in [2.24, 2.45) is 0 Å². The normalized spacial score (nSPS) is 13.7. The Bertz CT molecular complexity index is 1480. The fourth-order valence-corrected chi connectivity index (χ4v) is 4.32. The number of nitrogens with zero attached hydrogens (tertiary/aromatic N) is 2. The molecule has 10 heteroatoms. The second kappa shape index (κ2) is 11.4. The maximum Gasteiger partial charge on any atom is 0.321 e. The molecule has 4 aromatic rings. The van der Waals surface area contributed by atoms with E-state index < -0.39 is 0 Å². The maximum absolute atomic E-state index is 12.4. The minimum Gasteiger partial charge on any atom is -0.458 e. The molecular weight excluding hydrogens is 506 g/mol. The van der Waals surface area contributed by atoms with Crippen LogP contribution in [0.3, 0.4) is 0 Å². The zero-order valence-corrected chi connectivity index (χ0v) is 21.2. The summed E-state index contributed by atoms with van der Waals surface area (Å²) in [6, 6.07) is 16.5. The molecule has 2 aromatic carbocycles. The topological polar surface area (TPSA) is 123 Å².